The van der Waals surface area contributed by atoms with Crippen LogP contribution in [0.15, 0.2) is 56.6 Å². The molecule has 0 bridgehead atoms. The number of anilines is 1. The second-order valence-electron chi connectivity index (χ2n) is 5.42. The van der Waals surface area contributed by atoms with Gasteiger partial charge in [-0.3, -0.25) is 9.59 Å². The summed E-state index contributed by atoms with van der Waals surface area (Å²) in [5.74, 6) is -1.09. The number of halogens is 2. The number of nitrogens with one attached hydrogen (secondary N) is 1. The van der Waals surface area contributed by atoms with Crippen LogP contribution < -0.4 is 16.0 Å². The predicted molar refractivity (Wildman–Crippen MR) is 98.2 cm³/mol. The molecule has 0 saturated heterocycles. The number of amides is 3. The van der Waals surface area contributed by atoms with E-state index >= 15 is 0 Å². The van der Waals surface area contributed by atoms with Crippen LogP contribution in [0.4, 0.5) is 16.2 Å². The van der Waals surface area contributed by atoms with E-state index in [1.807, 2.05) is 6.07 Å². The van der Waals surface area contributed by atoms with Crippen molar-refractivity contribution in [3.63, 3.8) is 0 Å². The van der Waals surface area contributed by atoms with Gasteiger partial charge in [0.05, 0.1) is 33.2 Å². The van der Waals surface area contributed by atoms with Gasteiger partial charge in [0.25, 0.3) is 0 Å². The molecule has 3 amide bonds. The Bertz CT molecular complexity index is 1080. The van der Waals surface area contributed by atoms with Crippen molar-refractivity contribution >= 4 is 52.3 Å². The van der Waals surface area contributed by atoms with Crippen molar-refractivity contribution in [2.45, 2.75) is 6.42 Å². The van der Waals surface area contributed by atoms with Gasteiger partial charge in [0.1, 0.15) is 11.9 Å². The summed E-state index contributed by atoms with van der Waals surface area (Å²) in [6.07, 6.45) is -0.448. The standard InChI is InChI=1S/C17H11Cl2N5O3/c18-11-7-12-15(23-17(27)21-12)16(14(11)19)22-13(26)6-10(25)8-20-24-9-4-2-1-3-5-9/h1-5,7H,6,8H2,(H,22,26). The molecule has 0 atom stereocenters. The first-order valence-electron chi connectivity index (χ1n) is 7.67. The minimum atomic E-state index is -0.726. The molecule has 0 saturated carbocycles. The van der Waals surface area contributed by atoms with Gasteiger partial charge in [-0.25, -0.2) is 4.79 Å². The van der Waals surface area contributed by atoms with Crippen molar-refractivity contribution in [2.75, 3.05) is 11.9 Å². The topological polar surface area (TPSA) is 113 Å². The number of rotatable bonds is 6. The summed E-state index contributed by atoms with van der Waals surface area (Å²) in [6, 6.07) is 9.53. The summed E-state index contributed by atoms with van der Waals surface area (Å²) < 4.78 is 0. The van der Waals surface area contributed by atoms with E-state index in [4.69, 9.17) is 23.2 Å². The van der Waals surface area contributed by atoms with Crippen LogP contribution in [0.1, 0.15) is 6.42 Å². The van der Waals surface area contributed by atoms with Crippen LogP contribution in [-0.4, -0.2) is 24.3 Å². The van der Waals surface area contributed by atoms with Gasteiger partial charge in [0, 0.05) is 0 Å². The van der Waals surface area contributed by atoms with Gasteiger partial charge in [-0.2, -0.15) is 20.2 Å². The molecule has 2 aromatic rings. The molecule has 0 radical (unpaired) electrons. The molecule has 0 spiro atoms. The summed E-state index contributed by atoms with van der Waals surface area (Å²) in [6.45, 7) is -0.248. The molecule has 0 aromatic heterocycles. The zero-order valence-corrected chi connectivity index (χ0v) is 15.2. The minimum Gasteiger partial charge on any atom is -0.322 e. The summed E-state index contributed by atoms with van der Waals surface area (Å²) >= 11 is 12.0. The van der Waals surface area contributed by atoms with Crippen molar-refractivity contribution in [3.05, 3.63) is 57.2 Å². The number of urea groups is 1. The number of hydrogen-bond donors (Lipinski definition) is 1. The lowest BCUT2D eigenvalue weighted by Crippen LogP contribution is -2.29. The molecule has 1 heterocycles. The number of fused-ring (bicyclic) bond motifs is 1. The Labute approximate surface area is 162 Å². The number of hydrogen-bond acceptors (Lipinski definition) is 5. The molecule has 136 valence electrons. The van der Waals surface area contributed by atoms with Gasteiger partial charge in [-0.1, -0.05) is 41.4 Å². The van der Waals surface area contributed by atoms with Gasteiger partial charge < -0.3 is 5.32 Å². The smallest absolute Gasteiger partial charge is 0.322 e. The molecule has 3 rings (SSSR count). The Kier molecular flexibility index (Phi) is 5.68. The highest BCUT2D eigenvalue weighted by Gasteiger charge is 2.18. The summed E-state index contributed by atoms with van der Waals surface area (Å²) in [4.78, 5) is 42.7. The van der Waals surface area contributed by atoms with Crippen molar-refractivity contribution < 1.29 is 14.4 Å². The average molecular weight is 404 g/mol. The molecule has 1 N–H and O–H groups in total. The Balaban J connectivity index is 1.66. The zero-order chi connectivity index (χ0) is 19.4. The first-order chi connectivity index (χ1) is 12.9. The second-order valence-corrected chi connectivity index (χ2v) is 6.21. The van der Waals surface area contributed by atoms with Gasteiger partial charge in [-0.05, 0) is 18.2 Å². The largest absolute Gasteiger partial charge is 0.368 e. The number of benzene rings is 2. The van der Waals surface area contributed by atoms with Gasteiger partial charge in [0.2, 0.25) is 5.91 Å². The Morgan fingerprint density at radius 1 is 1.11 bits per heavy atom. The van der Waals surface area contributed by atoms with Crippen LogP contribution in [0.2, 0.25) is 10.0 Å². The molecule has 1 aliphatic heterocycles. The quantitative estimate of drug-likeness (QED) is 0.590. The number of Topliss-reactive ketones (excluding diaryl/α,β-unsaturated/α-hetero) is 1. The third kappa shape index (κ3) is 4.60. The Morgan fingerprint density at radius 2 is 1.85 bits per heavy atom. The SMILES string of the molecule is O=C(CN=Nc1ccccc1)CC(=O)Nc1c(Cl)c(Cl)cc2c1=NC(=O)N=2. The third-order valence-corrected chi connectivity index (χ3v) is 4.19. The maximum atomic E-state index is 12.1. The molecule has 10 heteroatoms. The predicted octanol–water partition coefficient (Wildman–Crippen LogP) is 3.05. The van der Waals surface area contributed by atoms with E-state index in [1.54, 1.807) is 24.3 Å². The molecule has 1 aliphatic rings. The first-order valence-corrected chi connectivity index (χ1v) is 8.43. The number of nitrogens with zero attached hydrogens (tertiary/aromatic N) is 4. The fraction of sp³-hybridized carbons (Fsp3) is 0.118. The monoisotopic (exact) mass is 403 g/mol. The summed E-state index contributed by atoms with van der Waals surface area (Å²) in [5, 5.41) is 10.5. The number of carbonyl (C=O) groups is 3. The normalized spacial score (nSPS) is 12.4. The Morgan fingerprint density at radius 3 is 2.59 bits per heavy atom. The fourth-order valence-electron chi connectivity index (χ4n) is 2.25. The lowest BCUT2D eigenvalue weighted by Gasteiger charge is -2.07. The van der Waals surface area contributed by atoms with E-state index in [0.29, 0.717) is 5.69 Å². The lowest BCUT2D eigenvalue weighted by molar-refractivity contribution is -0.124. The van der Waals surface area contributed by atoms with Gasteiger partial charge in [-0.15, -0.1) is 0 Å². The van der Waals surface area contributed by atoms with Crippen LogP contribution in [0.25, 0.3) is 0 Å². The molecule has 27 heavy (non-hydrogen) atoms. The second kappa shape index (κ2) is 8.15. The van der Waals surface area contributed by atoms with E-state index in [9.17, 15) is 14.4 Å². The van der Waals surface area contributed by atoms with Crippen molar-refractivity contribution in [2.24, 2.45) is 20.2 Å². The van der Waals surface area contributed by atoms with Crippen LogP contribution in [0.3, 0.4) is 0 Å². The maximum Gasteiger partial charge on any atom is 0.368 e. The van der Waals surface area contributed by atoms with Crippen molar-refractivity contribution in [1.29, 1.82) is 0 Å². The number of ketones is 1. The highest BCUT2D eigenvalue weighted by molar-refractivity contribution is 6.44. The van der Waals surface area contributed by atoms with Gasteiger partial charge in [0.15, 0.2) is 5.78 Å². The average Bonchev–Trinajstić information content (AvgIpc) is 2.99. The van der Waals surface area contributed by atoms with E-state index in [-0.39, 0.29) is 33.0 Å². The maximum absolute atomic E-state index is 12.1. The molecule has 2 aromatic carbocycles. The Hall–Kier alpha value is -2.97. The van der Waals surface area contributed by atoms with Crippen LogP contribution >= 0.6 is 23.2 Å². The lowest BCUT2D eigenvalue weighted by atomic mass is 10.2. The molecule has 0 aliphatic carbocycles. The van der Waals surface area contributed by atoms with E-state index in [0.717, 1.165) is 0 Å². The van der Waals surface area contributed by atoms with Crippen LogP contribution in [-0.2, 0) is 9.59 Å². The van der Waals surface area contributed by atoms with E-state index < -0.39 is 24.1 Å². The zero-order valence-electron chi connectivity index (χ0n) is 13.6. The van der Waals surface area contributed by atoms with Crippen LogP contribution in [0, 0.1) is 0 Å². The summed E-state index contributed by atoms with van der Waals surface area (Å²) in [5.41, 5.74) is 0.642. The molecule has 0 fully saturated rings. The fourth-order valence-corrected chi connectivity index (χ4v) is 2.64. The van der Waals surface area contributed by atoms with Crippen molar-refractivity contribution in [3.8, 4) is 0 Å². The number of azo groups is 1. The highest BCUT2D eigenvalue weighted by atomic mass is 35.5. The minimum absolute atomic E-state index is 0.00799. The van der Waals surface area contributed by atoms with E-state index in [2.05, 4.69) is 25.5 Å². The molecule has 0 unspecified atom stereocenters. The molecule has 8 nitrogen and oxygen atoms in total. The molecular weight excluding hydrogens is 393 g/mol. The summed E-state index contributed by atoms with van der Waals surface area (Å²) in [7, 11) is 0. The third-order valence-electron chi connectivity index (χ3n) is 3.41. The van der Waals surface area contributed by atoms with E-state index in [1.165, 1.54) is 6.07 Å². The number of carbonyl (C=O) groups excluding carboxylic acids is 3. The van der Waals surface area contributed by atoms with Crippen molar-refractivity contribution in [1.82, 2.24) is 0 Å². The highest BCUT2D eigenvalue weighted by Crippen LogP contribution is 2.26. The molecular formula is C17H11Cl2N5O3. The van der Waals surface area contributed by atoms with Crippen LogP contribution in [0.5, 0.6) is 0 Å². The first kappa shape index (κ1) is 18.8. The van der Waals surface area contributed by atoms with Gasteiger partial charge >= 0.3 is 6.03 Å².